The number of esters is 1. The number of β-amino-alcohol motifs (C(OH)–C–C–N with tert-alkyl or cyclic N) is 1. The second-order valence-electron chi connectivity index (χ2n) is 3.24. The molecule has 0 bridgehead atoms. The number of aliphatic hydroxyl groups is 1. The van der Waals surface area contributed by atoms with Gasteiger partial charge in [0.1, 0.15) is 6.04 Å². The normalized spacial score (nSPS) is 32.3. The van der Waals surface area contributed by atoms with Crippen LogP contribution in [-0.2, 0) is 14.3 Å². The fraction of sp³-hybridized carbons (Fsp3) is 0.750. The predicted octanol–water partition coefficient (Wildman–Crippen LogP) is -1.42. The van der Waals surface area contributed by atoms with Crippen LogP contribution in [0.15, 0.2) is 0 Å². The zero-order valence-electron chi connectivity index (χ0n) is 7.77. The summed E-state index contributed by atoms with van der Waals surface area (Å²) in [7, 11) is 1.20. The molecule has 1 saturated heterocycles. The van der Waals surface area contributed by atoms with Gasteiger partial charge in [0.25, 0.3) is 0 Å². The van der Waals surface area contributed by atoms with Crippen molar-refractivity contribution in [1.29, 1.82) is 0 Å². The third kappa shape index (κ3) is 2.21. The maximum atomic E-state index is 11.2. The minimum absolute atomic E-state index is 0.122. The number of aliphatic carboxylic acids is 1. The molecule has 14 heavy (non-hydrogen) atoms. The molecule has 6 nitrogen and oxygen atoms in total. The zero-order valence-corrected chi connectivity index (χ0v) is 7.77. The number of hydrogen-bond acceptors (Lipinski definition) is 5. The van der Waals surface area contributed by atoms with Crippen LogP contribution in [0.4, 0.5) is 0 Å². The smallest absolute Gasteiger partial charge is 0.321 e. The molecular formula is C8H13NO5. The molecule has 3 atom stereocenters. The van der Waals surface area contributed by atoms with E-state index in [4.69, 9.17) is 5.11 Å². The fourth-order valence-electron chi connectivity index (χ4n) is 1.56. The van der Waals surface area contributed by atoms with Gasteiger partial charge in [-0.3, -0.25) is 9.59 Å². The van der Waals surface area contributed by atoms with Crippen molar-refractivity contribution in [3.05, 3.63) is 0 Å². The van der Waals surface area contributed by atoms with E-state index in [9.17, 15) is 14.7 Å². The fourth-order valence-corrected chi connectivity index (χ4v) is 1.56. The highest BCUT2D eigenvalue weighted by Gasteiger charge is 2.39. The predicted molar refractivity (Wildman–Crippen MR) is 45.6 cm³/mol. The number of carboxylic acids is 1. The maximum Gasteiger partial charge on any atom is 0.321 e. The number of hydrogen-bond donors (Lipinski definition) is 3. The Morgan fingerprint density at radius 1 is 1.50 bits per heavy atom. The lowest BCUT2D eigenvalue weighted by atomic mass is 9.89. The summed E-state index contributed by atoms with van der Waals surface area (Å²) in [4.78, 5) is 21.9. The van der Waals surface area contributed by atoms with E-state index in [1.807, 2.05) is 0 Å². The molecule has 0 aromatic rings. The minimum Gasteiger partial charge on any atom is -0.480 e. The molecule has 1 aliphatic heterocycles. The van der Waals surface area contributed by atoms with Gasteiger partial charge in [0.05, 0.1) is 19.1 Å². The summed E-state index contributed by atoms with van der Waals surface area (Å²) in [6.07, 6.45) is -0.578. The van der Waals surface area contributed by atoms with Crippen LogP contribution in [0.1, 0.15) is 6.42 Å². The first-order valence-electron chi connectivity index (χ1n) is 4.28. The van der Waals surface area contributed by atoms with Crippen molar-refractivity contribution >= 4 is 11.9 Å². The molecule has 0 saturated carbocycles. The van der Waals surface area contributed by atoms with Gasteiger partial charge in [-0.1, -0.05) is 0 Å². The topological polar surface area (TPSA) is 95.9 Å². The van der Waals surface area contributed by atoms with Gasteiger partial charge in [0, 0.05) is 6.54 Å². The summed E-state index contributed by atoms with van der Waals surface area (Å²) < 4.78 is 4.47. The summed E-state index contributed by atoms with van der Waals surface area (Å²) >= 11 is 0. The first kappa shape index (κ1) is 10.9. The van der Waals surface area contributed by atoms with Crippen LogP contribution in [0.3, 0.4) is 0 Å². The quantitative estimate of drug-likeness (QED) is 0.477. The molecule has 1 fully saturated rings. The number of ether oxygens (including phenoxy) is 1. The second-order valence-corrected chi connectivity index (χ2v) is 3.24. The lowest BCUT2D eigenvalue weighted by Gasteiger charge is -2.30. The average molecular weight is 203 g/mol. The number of carbonyl (C=O) groups excluding carboxylic acids is 1. The Bertz CT molecular complexity index is 242. The Balaban J connectivity index is 2.73. The molecule has 0 unspecified atom stereocenters. The van der Waals surface area contributed by atoms with Crippen molar-refractivity contribution in [2.45, 2.75) is 18.6 Å². The van der Waals surface area contributed by atoms with E-state index in [0.29, 0.717) is 0 Å². The van der Waals surface area contributed by atoms with Crippen LogP contribution in [-0.4, -0.2) is 48.0 Å². The van der Waals surface area contributed by atoms with Crippen LogP contribution >= 0.6 is 0 Å². The Hall–Kier alpha value is -1.14. The van der Waals surface area contributed by atoms with Crippen LogP contribution < -0.4 is 5.32 Å². The summed E-state index contributed by atoms with van der Waals surface area (Å²) in [5, 5.41) is 20.6. The van der Waals surface area contributed by atoms with Crippen molar-refractivity contribution in [2.24, 2.45) is 5.92 Å². The van der Waals surface area contributed by atoms with Gasteiger partial charge < -0.3 is 20.3 Å². The standard InChI is InChI=1S/C8H13NO5/c1-14-8(13)5-2-4(10)3-9-6(5)7(11)12/h4-6,9-10H,2-3H2,1H3,(H,11,12)/t4-,5-,6-/m1/s1. The third-order valence-corrected chi connectivity index (χ3v) is 2.27. The largest absolute Gasteiger partial charge is 0.480 e. The van der Waals surface area contributed by atoms with Crippen molar-refractivity contribution in [1.82, 2.24) is 5.32 Å². The van der Waals surface area contributed by atoms with Gasteiger partial charge >= 0.3 is 11.9 Å². The van der Waals surface area contributed by atoms with Gasteiger partial charge in [-0.15, -0.1) is 0 Å². The molecule has 6 heteroatoms. The number of rotatable bonds is 2. The van der Waals surface area contributed by atoms with Crippen LogP contribution in [0.25, 0.3) is 0 Å². The molecule has 80 valence electrons. The molecule has 0 amide bonds. The van der Waals surface area contributed by atoms with E-state index in [1.54, 1.807) is 0 Å². The van der Waals surface area contributed by atoms with Crippen molar-refractivity contribution in [3.63, 3.8) is 0 Å². The van der Waals surface area contributed by atoms with Gasteiger partial charge in [-0.2, -0.15) is 0 Å². The van der Waals surface area contributed by atoms with Crippen molar-refractivity contribution in [3.8, 4) is 0 Å². The minimum atomic E-state index is -1.10. The number of methoxy groups -OCH3 is 1. The number of aliphatic hydroxyl groups excluding tert-OH is 1. The molecule has 0 radical (unpaired) electrons. The molecular weight excluding hydrogens is 190 g/mol. The molecule has 3 N–H and O–H groups in total. The molecule has 0 aromatic heterocycles. The van der Waals surface area contributed by atoms with Gasteiger partial charge in [0.2, 0.25) is 0 Å². The van der Waals surface area contributed by atoms with Crippen LogP contribution in [0.5, 0.6) is 0 Å². The lowest BCUT2D eigenvalue weighted by Crippen LogP contribution is -2.54. The first-order valence-corrected chi connectivity index (χ1v) is 4.28. The van der Waals surface area contributed by atoms with E-state index >= 15 is 0 Å². The molecule has 0 spiro atoms. The number of nitrogens with one attached hydrogen (secondary N) is 1. The SMILES string of the molecule is COC(=O)[C@@H]1C[C@@H](O)CN[C@H]1C(=O)O. The Morgan fingerprint density at radius 2 is 2.14 bits per heavy atom. The summed E-state index contributed by atoms with van der Waals surface area (Å²) in [5.41, 5.74) is 0. The van der Waals surface area contributed by atoms with Gasteiger partial charge in [0.15, 0.2) is 0 Å². The van der Waals surface area contributed by atoms with Crippen molar-refractivity contribution in [2.75, 3.05) is 13.7 Å². The average Bonchev–Trinajstić information content (AvgIpc) is 2.16. The van der Waals surface area contributed by atoms with E-state index in [1.165, 1.54) is 7.11 Å². The molecule has 1 rings (SSSR count). The summed E-state index contributed by atoms with van der Waals surface area (Å²) in [6, 6.07) is -0.967. The monoisotopic (exact) mass is 203 g/mol. The summed E-state index contributed by atoms with van der Waals surface area (Å²) in [5.74, 6) is -2.53. The number of carbonyl (C=O) groups is 2. The van der Waals surface area contributed by atoms with Crippen LogP contribution in [0.2, 0.25) is 0 Å². The Labute approximate surface area is 80.9 Å². The van der Waals surface area contributed by atoms with E-state index < -0.39 is 30.0 Å². The maximum absolute atomic E-state index is 11.2. The Morgan fingerprint density at radius 3 is 2.64 bits per heavy atom. The van der Waals surface area contributed by atoms with Crippen molar-refractivity contribution < 1.29 is 24.5 Å². The lowest BCUT2D eigenvalue weighted by molar-refractivity contribution is -0.156. The van der Waals surface area contributed by atoms with Gasteiger partial charge in [-0.25, -0.2) is 0 Å². The van der Waals surface area contributed by atoms with Gasteiger partial charge in [-0.05, 0) is 6.42 Å². The highest BCUT2D eigenvalue weighted by Crippen LogP contribution is 2.18. The molecule has 0 aliphatic carbocycles. The van der Waals surface area contributed by atoms with E-state index in [-0.39, 0.29) is 13.0 Å². The Kier molecular flexibility index (Phi) is 3.43. The molecule has 1 aliphatic rings. The molecule has 0 aromatic carbocycles. The number of carboxylic acid groups (broad SMARTS) is 1. The molecule has 1 heterocycles. The first-order chi connectivity index (χ1) is 6.56. The highest BCUT2D eigenvalue weighted by molar-refractivity contribution is 5.83. The zero-order chi connectivity index (χ0) is 10.7. The third-order valence-electron chi connectivity index (χ3n) is 2.27. The summed E-state index contributed by atoms with van der Waals surface area (Å²) in [6.45, 7) is 0.185. The van der Waals surface area contributed by atoms with E-state index in [0.717, 1.165) is 0 Å². The number of piperidine rings is 1. The highest BCUT2D eigenvalue weighted by atomic mass is 16.5. The second kappa shape index (κ2) is 4.39. The van der Waals surface area contributed by atoms with E-state index in [2.05, 4.69) is 10.1 Å². The van der Waals surface area contributed by atoms with Crippen LogP contribution in [0, 0.1) is 5.92 Å².